The van der Waals surface area contributed by atoms with Crippen LogP contribution in [0.1, 0.15) is 37.4 Å². The zero-order valence-corrected chi connectivity index (χ0v) is 15.5. The van der Waals surface area contributed by atoms with Crippen LogP contribution in [0.4, 0.5) is 5.82 Å². The van der Waals surface area contributed by atoms with Crippen LogP contribution in [0.2, 0.25) is 0 Å². The van der Waals surface area contributed by atoms with Crippen LogP contribution in [0.5, 0.6) is 0 Å². The van der Waals surface area contributed by atoms with Crippen LogP contribution >= 0.6 is 0 Å². The van der Waals surface area contributed by atoms with Gasteiger partial charge in [0.15, 0.2) is 5.82 Å². The van der Waals surface area contributed by atoms with Gasteiger partial charge in [-0.1, -0.05) is 13.8 Å². The van der Waals surface area contributed by atoms with Crippen molar-refractivity contribution in [1.29, 1.82) is 0 Å². The lowest BCUT2D eigenvalue weighted by Crippen LogP contribution is -2.27. The third-order valence-corrected chi connectivity index (χ3v) is 6.45. The van der Waals surface area contributed by atoms with Gasteiger partial charge in [0.1, 0.15) is 11.3 Å². The van der Waals surface area contributed by atoms with Gasteiger partial charge in [-0.05, 0) is 31.7 Å². The molecule has 2 N–H and O–H groups in total. The number of fused-ring (bicyclic) bond motifs is 1. The molecule has 8 heteroatoms. The van der Waals surface area contributed by atoms with Crippen LogP contribution < -0.4 is 5.73 Å². The van der Waals surface area contributed by atoms with Gasteiger partial charge in [0, 0.05) is 18.8 Å². The maximum atomic E-state index is 12.2. The number of hydrogen-bond donors (Lipinski definition) is 1. The van der Waals surface area contributed by atoms with Crippen molar-refractivity contribution in [2.24, 2.45) is 5.92 Å². The summed E-state index contributed by atoms with van der Waals surface area (Å²) in [5.74, 6) is 1.78. The fraction of sp³-hybridized carbons (Fsp3) is 0.625. The van der Waals surface area contributed by atoms with Crippen molar-refractivity contribution >= 4 is 26.9 Å². The molecule has 0 saturated carbocycles. The molecule has 1 fully saturated rings. The molecular weight excluding hydrogens is 326 g/mol. The number of nitrogens with two attached hydrogens (primary N) is 1. The Balaban J connectivity index is 2.16. The predicted molar refractivity (Wildman–Crippen MR) is 95.1 cm³/mol. The molecule has 0 aromatic carbocycles. The van der Waals surface area contributed by atoms with Crippen molar-refractivity contribution in [3.05, 3.63) is 17.1 Å². The van der Waals surface area contributed by atoms with Crippen molar-refractivity contribution < 1.29 is 8.42 Å². The van der Waals surface area contributed by atoms with E-state index in [9.17, 15) is 8.42 Å². The molecule has 0 atom stereocenters. The number of nitrogen functional groups attached to an aromatic ring is 1. The first kappa shape index (κ1) is 17.2. The molecule has 0 bridgehead atoms. The van der Waals surface area contributed by atoms with Crippen LogP contribution in [0.25, 0.3) is 11.0 Å². The summed E-state index contributed by atoms with van der Waals surface area (Å²) >= 11 is 0. The zero-order chi connectivity index (χ0) is 17.6. The predicted octanol–water partition coefficient (Wildman–Crippen LogP) is 1.82. The van der Waals surface area contributed by atoms with E-state index in [4.69, 9.17) is 5.73 Å². The lowest BCUT2D eigenvalue weighted by molar-refractivity contribution is 0.411. The van der Waals surface area contributed by atoms with E-state index in [-0.39, 0.29) is 5.75 Å². The Bertz CT molecular complexity index is 886. The summed E-state index contributed by atoms with van der Waals surface area (Å²) in [4.78, 5) is 9.03. The van der Waals surface area contributed by atoms with Crippen molar-refractivity contribution in [3.63, 3.8) is 0 Å². The van der Waals surface area contributed by atoms with Crippen molar-refractivity contribution in [3.8, 4) is 0 Å². The Morgan fingerprint density at radius 1 is 1.25 bits per heavy atom. The van der Waals surface area contributed by atoms with Gasteiger partial charge < -0.3 is 10.3 Å². The molecule has 2 aromatic heterocycles. The molecular formula is C16H25N5O2S. The summed E-state index contributed by atoms with van der Waals surface area (Å²) in [6, 6.07) is 0. The van der Waals surface area contributed by atoms with E-state index in [1.54, 1.807) is 0 Å². The van der Waals surface area contributed by atoms with Gasteiger partial charge >= 0.3 is 0 Å². The topological polar surface area (TPSA) is 94.1 Å². The molecule has 3 rings (SSSR count). The van der Waals surface area contributed by atoms with Crippen molar-refractivity contribution in [1.82, 2.24) is 18.8 Å². The van der Waals surface area contributed by atoms with Gasteiger partial charge in [0.25, 0.3) is 0 Å². The molecule has 0 spiro atoms. The highest BCUT2D eigenvalue weighted by molar-refractivity contribution is 7.89. The van der Waals surface area contributed by atoms with Gasteiger partial charge in [-0.3, -0.25) is 0 Å². The summed E-state index contributed by atoms with van der Waals surface area (Å²) in [6.07, 6.45) is 0.675. The standard InChI is InChI=1S/C16H25N5O2S/c1-10(2)8-21-13(9-20-6-5-7-24(20,22)23)19-14-15(21)11(3)12(4)18-16(14)17/h10H,5-9H2,1-4H3,(H2,17,18). The number of pyridine rings is 1. The number of aryl methyl sites for hydroxylation is 2. The number of nitrogens with zero attached hydrogens (tertiary/aromatic N) is 4. The molecule has 1 aliphatic rings. The number of imidazole rings is 1. The molecule has 132 valence electrons. The van der Waals surface area contributed by atoms with E-state index < -0.39 is 10.0 Å². The van der Waals surface area contributed by atoms with Gasteiger partial charge in [0.05, 0.1) is 17.8 Å². The molecule has 24 heavy (non-hydrogen) atoms. The molecule has 0 radical (unpaired) electrons. The minimum atomic E-state index is -3.16. The van der Waals surface area contributed by atoms with Crippen LogP contribution in [0.3, 0.4) is 0 Å². The Hall–Kier alpha value is -1.67. The summed E-state index contributed by atoms with van der Waals surface area (Å²) < 4.78 is 28.0. The van der Waals surface area contributed by atoms with E-state index in [0.717, 1.165) is 29.1 Å². The molecule has 1 saturated heterocycles. The minimum Gasteiger partial charge on any atom is -0.382 e. The van der Waals surface area contributed by atoms with Crippen LogP contribution in [-0.4, -0.2) is 39.6 Å². The number of aromatic nitrogens is 3. The highest BCUT2D eigenvalue weighted by atomic mass is 32.2. The number of anilines is 1. The number of hydrogen-bond acceptors (Lipinski definition) is 5. The van der Waals surface area contributed by atoms with Gasteiger partial charge in [-0.15, -0.1) is 0 Å². The van der Waals surface area contributed by atoms with E-state index in [0.29, 0.717) is 36.8 Å². The first-order valence-corrected chi connectivity index (χ1v) is 9.91. The van der Waals surface area contributed by atoms with E-state index in [1.807, 2.05) is 13.8 Å². The first-order valence-electron chi connectivity index (χ1n) is 8.30. The maximum absolute atomic E-state index is 12.2. The number of sulfonamides is 1. The highest BCUT2D eigenvalue weighted by Crippen LogP contribution is 2.28. The second-order valence-corrected chi connectivity index (χ2v) is 9.03. The SMILES string of the molecule is Cc1nc(N)c2nc(CN3CCCS3(=O)=O)n(CC(C)C)c2c1C. The normalized spacial score (nSPS) is 18.0. The summed E-state index contributed by atoms with van der Waals surface area (Å²) in [5.41, 5.74) is 9.65. The van der Waals surface area contributed by atoms with Gasteiger partial charge in [-0.2, -0.15) is 4.31 Å². The third-order valence-electron chi connectivity index (χ3n) is 4.54. The Labute approximate surface area is 142 Å². The molecule has 3 heterocycles. The maximum Gasteiger partial charge on any atom is 0.214 e. The molecule has 1 aliphatic heterocycles. The highest BCUT2D eigenvalue weighted by Gasteiger charge is 2.30. The van der Waals surface area contributed by atoms with Gasteiger partial charge in [-0.25, -0.2) is 18.4 Å². The Morgan fingerprint density at radius 2 is 1.96 bits per heavy atom. The summed E-state index contributed by atoms with van der Waals surface area (Å²) in [6.45, 7) is 9.83. The molecule has 0 amide bonds. The van der Waals surface area contributed by atoms with Crippen LogP contribution in [-0.2, 0) is 23.1 Å². The van der Waals surface area contributed by atoms with E-state index in [1.165, 1.54) is 4.31 Å². The molecule has 7 nitrogen and oxygen atoms in total. The lowest BCUT2D eigenvalue weighted by atomic mass is 10.1. The summed E-state index contributed by atoms with van der Waals surface area (Å²) in [7, 11) is -3.16. The second-order valence-electron chi connectivity index (χ2n) is 6.94. The fourth-order valence-electron chi connectivity index (χ4n) is 3.26. The summed E-state index contributed by atoms with van der Waals surface area (Å²) in [5, 5.41) is 0. The molecule has 0 unspecified atom stereocenters. The minimum absolute atomic E-state index is 0.221. The largest absolute Gasteiger partial charge is 0.382 e. The average Bonchev–Trinajstić information content (AvgIpc) is 2.98. The van der Waals surface area contributed by atoms with Crippen LogP contribution in [0, 0.1) is 19.8 Å². The third kappa shape index (κ3) is 2.88. The van der Waals surface area contributed by atoms with E-state index >= 15 is 0 Å². The number of rotatable bonds is 4. The molecule has 2 aromatic rings. The Morgan fingerprint density at radius 3 is 2.54 bits per heavy atom. The smallest absolute Gasteiger partial charge is 0.214 e. The monoisotopic (exact) mass is 351 g/mol. The lowest BCUT2D eigenvalue weighted by Gasteiger charge is -2.17. The average molecular weight is 351 g/mol. The van der Waals surface area contributed by atoms with Gasteiger partial charge in [0.2, 0.25) is 10.0 Å². The Kier molecular flexibility index (Phi) is 4.29. The second kappa shape index (κ2) is 6.00. The fourth-order valence-corrected chi connectivity index (χ4v) is 4.73. The van der Waals surface area contributed by atoms with Crippen LogP contribution in [0.15, 0.2) is 0 Å². The quantitative estimate of drug-likeness (QED) is 0.907. The van der Waals surface area contributed by atoms with E-state index in [2.05, 4.69) is 28.4 Å². The zero-order valence-electron chi connectivity index (χ0n) is 14.7. The first-order chi connectivity index (χ1) is 11.2. The molecule has 0 aliphatic carbocycles. The van der Waals surface area contributed by atoms with Crippen molar-refractivity contribution in [2.45, 2.75) is 47.2 Å². The van der Waals surface area contributed by atoms with Crippen molar-refractivity contribution in [2.75, 3.05) is 18.0 Å².